The number of carbonyl (C=O) groups is 2. The first-order valence-corrected chi connectivity index (χ1v) is 8.37. The van der Waals surface area contributed by atoms with E-state index >= 15 is 0 Å². The number of nitrogens with one attached hydrogen (secondary N) is 1. The highest BCUT2D eigenvalue weighted by Gasteiger charge is 2.20. The third-order valence-corrected chi connectivity index (χ3v) is 3.71. The Labute approximate surface area is 161 Å². The molecule has 0 aliphatic rings. The molecule has 0 fully saturated rings. The van der Waals surface area contributed by atoms with Gasteiger partial charge >= 0.3 is 11.7 Å². The number of carbonyl (C=O) groups excluding carboxylic acids is 2. The lowest BCUT2D eigenvalue weighted by Crippen LogP contribution is -2.36. The van der Waals surface area contributed by atoms with Gasteiger partial charge in [0.05, 0.1) is 12.0 Å². The monoisotopic (exact) mass is 388 g/mol. The summed E-state index contributed by atoms with van der Waals surface area (Å²) in [6, 6.07) is 12.8. The van der Waals surface area contributed by atoms with Crippen LogP contribution in [0.1, 0.15) is 12.5 Å². The minimum atomic E-state index is -1.04. The van der Waals surface area contributed by atoms with Crippen molar-refractivity contribution in [3.63, 3.8) is 0 Å². The first-order chi connectivity index (χ1) is 13.4. The molecule has 148 valence electrons. The Hall–Kier alpha value is -3.62. The molecule has 0 radical (unpaired) electrons. The van der Waals surface area contributed by atoms with Crippen LogP contribution in [0.5, 0.6) is 11.5 Å². The molecule has 2 aromatic rings. The zero-order chi connectivity index (χ0) is 20.5. The third-order valence-electron chi connectivity index (χ3n) is 3.71. The zero-order valence-electron chi connectivity index (χ0n) is 15.4. The van der Waals surface area contributed by atoms with Gasteiger partial charge in [-0.25, -0.2) is 4.79 Å². The summed E-state index contributed by atoms with van der Waals surface area (Å²) < 4.78 is 15.2. The number of rotatable bonds is 9. The van der Waals surface area contributed by atoms with E-state index in [1.807, 2.05) is 0 Å². The molecule has 0 aromatic heterocycles. The predicted octanol–water partition coefficient (Wildman–Crippen LogP) is 2.23. The third kappa shape index (κ3) is 5.97. The van der Waals surface area contributed by atoms with Gasteiger partial charge in [-0.05, 0) is 30.7 Å². The molecule has 0 unspecified atom stereocenters. The van der Waals surface area contributed by atoms with E-state index < -0.39 is 29.5 Å². The van der Waals surface area contributed by atoms with Gasteiger partial charge in [0, 0.05) is 12.6 Å². The van der Waals surface area contributed by atoms with Crippen molar-refractivity contribution < 1.29 is 28.7 Å². The summed E-state index contributed by atoms with van der Waals surface area (Å²) in [5.41, 5.74) is 0.591. The second kappa shape index (κ2) is 9.91. The van der Waals surface area contributed by atoms with E-state index in [1.165, 1.54) is 25.1 Å². The maximum absolute atomic E-state index is 12.0. The van der Waals surface area contributed by atoms with Crippen LogP contribution in [-0.4, -0.2) is 36.6 Å². The number of hydrogen-bond acceptors (Lipinski definition) is 7. The summed E-state index contributed by atoms with van der Waals surface area (Å²) >= 11 is 0. The van der Waals surface area contributed by atoms with Crippen LogP contribution in [0.15, 0.2) is 48.5 Å². The van der Waals surface area contributed by atoms with E-state index in [1.54, 1.807) is 37.4 Å². The van der Waals surface area contributed by atoms with Gasteiger partial charge in [-0.2, -0.15) is 0 Å². The van der Waals surface area contributed by atoms with Crippen molar-refractivity contribution in [2.24, 2.45) is 0 Å². The van der Waals surface area contributed by atoms with Gasteiger partial charge in [-0.1, -0.05) is 24.3 Å². The molecule has 0 bridgehead atoms. The number of nitrogens with zero attached hydrogens (tertiary/aromatic N) is 1. The van der Waals surface area contributed by atoms with Gasteiger partial charge in [-0.3, -0.25) is 14.9 Å². The first-order valence-electron chi connectivity index (χ1n) is 8.37. The Morgan fingerprint density at radius 1 is 1.14 bits per heavy atom. The highest BCUT2D eigenvalue weighted by molar-refractivity contribution is 5.83. The lowest BCUT2D eigenvalue weighted by molar-refractivity contribution is -0.385. The summed E-state index contributed by atoms with van der Waals surface area (Å²) in [5, 5.41) is 13.6. The van der Waals surface area contributed by atoms with Crippen LogP contribution in [-0.2, 0) is 20.9 Å². The van der Waals surface area contributed by atoms with Crippen molar-refractivity contribution >= 4 is 17.6 Å². The average Bonchev–Trinajstić information content (AvgIpc) is 2.70. The van der Waals surface area contributed by atoms with E-state index in [2.05, 4.69) is 5.32 Å². The largest absolute Gasteiger partial charge is 0.497 e. The van der Waals surface area contributed by atoms with Gasteiger partial charge in [0.15, 0.2) is 18.5 Å². The second-order valence-electron chi connectivity index (χ2n) is 5.71. The molecule has 9 heteroatoms. The number of nitro groups is 1. The first kappa shape index (κ1) is 20.7. The van der Waals surface area contributed by atoms with Gasteiger partial charge in [0.25, 0.3) is 5.91 Å². The Bertz CT molecular complexity index is 836. The highest BCUT2D eigenvalue weighted by atomic mass is 16.6. The molecule has 0 saturated carbocycles. The van der Waals surface area contributed by atoms with Gasteiger partial charge in [0.1, 0.15) is 5.75 Å². The predicted molar refractivity (Wildman–Crippen MR) is 99.0 cm³/mol. The molecule has 28 heavy (non-hydrogen) atoms. The van der Waals surface area contributed by atoms with Crippen LogP contribution < -0.4 is 14.8 Å². The summed E-state index contributed by atoms with van der Waals surface area (Å²) in [6.45, 7) is 1.13. The molecule has 2 aromatic carbocycles. The SMILES string of the molecule is COc1ccc(CNC(=O)[C@@H](C)OC(=O)COc2ccccc2[N+](=O)[O-])cc1. The summed E-state index contributed by atoms with van der Waals surface area (Å²) in [6.07, 6.45) is -1.04. The summed E-state index contributed by atoms with van der Waals surface area (Å²) in [7, 11) is 1.56. The molecule has 9 nitrogen and oxygen atoms in total. The molecule has 0 spiro atoms. The minimum absolute atomic E-state index is 0.0546. The highest BCUT2D eigenvalue weighted by Crippen LogP contribution is 2.25. The topological polar surface area (TPSA) is 117 Å². The second-order valence-corrected chi connectivity index (χ2v) is 5.71. The Morgan fingerprint density at radius 2 is 1.82 bits per heavy atom. The summed E-state index contributed by atoms with van der Waals surface area (Å²) in [4.78, 5) is 34.2. The maximum Gasteiger partial charge on any atom is 0.344 e. The zero-order valence-corrected chi connectivity index (χ0v) is 15.4. The van der Waals surface area contributed by atoms with Crippen molar-refractivity contribution in [3.05, 3.63) is 64.2 Å². The lowest BCUT2D eigenvalue weighted by atomic mass is 10.2. The number of nitro benzene ring substituents is 1. The van der Waals surface area contributed by atoms with Crippen LogP contribution >= 0.6 is 0 Å². The van der Waals surface area contributed by atoms with Crippen LogP contribution in [0.3, 0.4) is 0 Å². The van der Waals surface area contributed by atoms with E-state index in [-0.39, 0.29) is 18.0 Å². The Morgan fingerprint density at radius 3 is 2.46 bits per heavy atom. The fraction of sp³-hybridized carbons (Fsp3) is 0.263. The molecule has 2 rings (SSSR count). The van der Waals surface area contributed by atoms with E-state index in [9.17, 15) is 19.7 Å². The molecule has 0 heterocycles. The van der Waals surface area contributed by atoms with Crippen molar-refractivity contribution in [1.82, 2.24) is 5.32 Å². The van der Waals surface area contributed by atoms with Crippen LogP contribution in [0.25, 0.3) is 0 Å². The van der Waals surface area contributed by atoms with Gasteiger partial charge in [0.2, 0.25) is 0 Å². The number of methoxy groups -OCH3 is 1. The molecule has 1 atom stereocenters. The maximum atomic E-state index is 12.0. The average molecular weight is 388 g/mol. The van der Waals surface area contributed by atoms with Gasteiger partial charge < -0.3 is 19.5 Å². The normalized spacial score (nSPS) is 11.2. The number of amides is 1. The molecule has 1 N–H and O–H groups in total. The fourth-order valence-corrected chi connectivity index (χ4v) is 2.23. The Kier molecular flexibility index (Phi) is 7.32. The van der Waals surface area contributed by atoms with Crippen LogP contribution in [0, 0.1) is 10.1 Å². The quantitative estimate of drug-likeness (QED) is 0.398. The van der Waals surface area contributed by atoms with E-state index in [4.69, 9.17) is 14.2 Å². The standard InChI is InChI=1S/C19H20N2O7/c1-13(19(23)20-11-14-7-9-15(26-2)10-8-14)28-18(22)12-27-17-6-4-3-5-16(17)21(24)25/h3-10,13H,11-12H2,1-2H3,(H,20,23)/t13-/m1/s1. The number of benzene rings is 2. The number of ether oxygens (including phenoxy) is 3. The number of para-hydroxylation sites is 2. The molecule has 0 aliphatic carbocycles. The van der Waals surface area contributed by atoms with Crippen LogP contribution in [0.4, 0.5) is 5.69 Å². The molecule has 1 amide bonds. The Balaban J connectivity index is 1.79. The number of esters is 1. The van der Waals surface area contributed by atoms with E-state index in [0.717, 1.165) is 5.56 Å². The van der Waals surface area contributed by atoms with Crippen molar-refractivity contribution in [2.45, 2.75) is 19.6 Å². The van der Waals surface area contributed by atoms with Crippen molar-refractivity contribution in [3.8, 4) is 11.5 Å². The van der Waals surface area contributed by atoms with Crippen molar-refractivity contribution in [1.29, 1.82) is 0 Å². The van der Waals surface area contributed by atoms with Gasteiger partial charge in [-0.15, -0.1) is 0 Å². The van der Waals surface area contributed by atoms with Crippen molar-refractivity contribution in [2.75, 3.05) is 13.7 Å². The fourth-order valence-electron chi connectivity index (χ4n) is 2.23. The molecular formula is C19H20N2O7. The smallest absolute Gasteiger partial charge is 0.344 e. The lowest BCUT2D eigenvalue weighted by Gasteiger charge is -2.14. The minimum Gasteiger partial charge on any atom is -0.497 e. The number of hydrogen-bond donors (Lipinski definition) is 1. The van der Waals surface area contributed by atoms with E-state index in [0.29, 0.717) is 5.75 Å². The molecule has 0 aliphatic heterocycles. The summed E-state index contributed by atoms with van der Waals surface area (Å²) in [5.74, 6) is -0.641. The molecular weight excluding hydrogens is 368 g/mol. The van der Waals surface area contributed by atoms with Crippen LogP contribution in [0.2, 0.25) is 0 Å². The molecule has 0 saturated heterocycles.